The van der Waals surface area contributed by atoms with Crippen LogP contribution in [0.1, 0.15) is 20.8 Å². The molecule has 0 bridgehead atoms. The molecule has 0 aliphatic rings. The average molecular weight is 546 g/mol. The fraction of sp³-hybridized carbons (Fsp3) is 0.296. The molecule has 0 aliphatic carbocycles. The molecule has 11 heteroatoms. The molecule has 3 N–H and O–H groups in total. The van der Waals surface area contributed by atoms with Crippen LogP contribution in [-0.2, 0) is 14.8 Å². The summed E-state index contributed by atoms with van der Waals surface area (Å²) >= 11 is 0. The smallest absolute Gasteiger partial charge is 0.407 e. The number of hydrogen-bond acceptors (Lipinski definition) is 7. The lowest BCUT2D eigenvalue weighted by Crippen LogP contribution is -2.34. The number of rotatable bonds is 10. The van der Waals surface area contributed by atoms with Crippen LogP contribution in [0.5, 0.6) is 11.5 Å². The fourth-order valence-electron chi connectivity index (χ4n) is 3.50. The highest BCUT2D eigenvalue weighted by atomic mass is 32.2. The van der Waals surface area contributed by atoms with Crippen molar-refractivity contribution < 1.29 is 31.8 Å². The predicted molar refractivity (Wildman–Crippen MR) is 145 cm³/mol. The molecule has 0 unspecified atom stereocenters. The van der Waals surface area contributed by atoms with Crippen molar-refractivity contribution in [2.75, 3.05) is 37.3 Å². The second-order valence-electron chi connectivity index (χ2n) is 9.25. The minimum Gasteiger partial charge on any atom is -0.497 e. The van der Waals surface area contributed by atoms with E-state index in [1.54, 1.807) is 51.1 Å². The number of methoxy groups -OCH3 is 2. The van der Waals surface area contributed by atoms with Crippen LogP contribution in [0.2, 0.25) is 0 Å². The monoisotopic (exact) mass is 545 g/mol. The Morgan fingerprint density at radius 1 is 0.921 bits per heavy atom. The van der Waals surface area contributed by atoms with Crippen LogP contribution < -0.4 is 24.8 Å². The molecule has 38 heavy (non-hydrogen) atoms. The Hall–Kier alpha value is -3.99. The summed E-state index contributed by atoms with van der Waals surface area (Å²) in [7, 11) is -1.29. The van der Waals surface area contributed by atoms with E-state index in [-0.39, 0.29) is 16.2 Å². The minimum absolute atomic E-state index is 0.104. The predicted octanol–water partition coefficient (Wildman–Crippen LogP) is 5.25. The van der Waals surface area contributed by atoms with Crippen molar-refractivity contribution in [3.05, 3.63) is 66.5 Å². The molecule has 1 amide bonds. The molecular weight excluding hydrogens is 513 g/mol. The lowest BCUT2D eigenvalue weighted by molar-refractivity contribution is 0.0530. The van der Waals surface area contributed by atoms with E-state index >= 15 is 0 Å². The van der Waals surface area contributed by atoms with Gasteiger partial charge in [-0.1, -0.05) is 12.1 Å². The highest BCUT2D eigenvalue weighted by Crippen LogP contribution is 2.34. The summed E-state index contributed by atoms with van der Waals surface area (Å²) in [4.78, 5) is 11.6. The maximum Gasteiger partial charge on any atom is 0.407 e. The molecule has 0 fully saturated rings. The third kappa shape index (κ3) is 7.75. The first-order valence-corrected chi connectivity index (χ1v) is 13.3. The number of amides is 1. The van der Waals surface area contributed by atoms with Crippen molar-refractivity contribution in [1.82, 2.24) is 5.32 Å². The van der Waals surface area contributed by atoms with Gasteiger partial charge in [0.15, 0.2) is 0 Å². The third-order valence-electron chi connectivity index (χ3n) is 5.17. The molecular formula is C27H32FN3O6S. The van der Waals surface area contributed by atoms with E-state index in [9.17, 15) is 17.6 Å². The van der Waals surface area contributed by atoms with Crippen molar-refractivity contribution in [1.29, 1.82) is 0 Å². The number of carbonyl (C=O) groups excluding carboxylic acids is 1. The molecule has 0 aromatic heterocycles. The van der Waals surface area contributed by atoms with E-state index in [1.807, 2.05) is 0 Å². The van der Waals surface area contributed by atoms with Crippen molar-refractivity contribution >= 4 is 27.5 Å². The van der Waals surface area contributed by atoms with Crippen molar-refractivity contribution in [2.24, 2.45) is 0 Å². The minimum atomic E-state index is -4.12. The van der Waals surface area contributed by atoms with E-state index in [0.717, 1.165) is 0 Å². The number of ether oxygens (including phenoxy) is 3. The molecule has 0 spiro atoms. The SMILES string of the molecule is COc1ccc(F)c(-c2ccc(OC)c(S(=O)(=O)Nc3cccc(NCCNC(=O)OC(C)(C)C)c3)c2)c1. The Bertz CT molecular complexity index is 1390. The van der Waals surface area contributed by atoms with Crippen LogP contribution in [0.25, 0.3) is 11.1 Å². The number of halogens is 1. The summed E-state index contributed by atoms with van der Waals surface area (Å²) in [5, 5.41) is 5.76. The second-order valence-corrected chi connectivity index (χ2v) is 10.9. The van der Waals surface area contributed by atoms with Gasteiger partial charge in [0.1, 0.15) is 27.8 Å². The Balaban J connectivity index is 1.76. The van der Waals surface area contributed by atoms with E-state index in [1.165, 1.54) is 44.6 Å². The quantitative estimate of drug-likeness (QED) is 0.298. The van der Waals surface area contributed by atoms with Crippen molar-refractivity contribution in [2.45, 2.75) is 31.3 Å². The Morgan fingerprint density at radius 3 is 2.34 bits per heavy atom. The number of hydrogen-bond donors (Lipinski definition) is 3. The maximum atomic E-state index is 14.5. The number of benzene rings is 3. The fourth-order valence-corrected chi connectivity index (χ4v) is 4.74. The van der Waals surface area contributed by atoms with Crippen molar-refractivity contribution in [3.8, 4) is 22.6 Å². The molecule has 0 heterocycles. The zero-order valence-electron chi connectivity index (χ0n) is 21.9. The lowest BCUT2D eigenvalue weighted by atomic mass is 10.0. The van der Waals surface area contributed by atoms with Crippen LogP contribution in [0, 0.1) is 5.82 Å². The van der Waals surface area contributed by atoms with Gasteiger partial charge >= 0.3 is 6.09 Å². The van der Waals surface area contributed by atoms with Crippen molar-refractivity contribution in [3.63, 3.8) is 0 Å². The first-order chi connectivity index (χ1) is 17.9. The van der Waals surface area contributed by atoms with Gasteiger partial charge in [-0.05, 0) is 74.9 Å². The second kappa shape index (κ2) is 12.0. The van der Waals surface area contributed by atoms with Crippen LogP contribution in [0.3, 0.4) is 0 Å². The highest BCUT2D eigenvalue weighted by Gasteiger charge is 2.22. The molecule has 3 aromatic carbocycles. The molecule has 0 saturated heterocycles. The number of carbonyl (C=O) groups is 1. The molecule has 3 aromatic rings. The summed E-state index contributed by atoms with van der Waals surface area (Å²) in [6.45, 7) is 6.02. The van der Waals surface area contributed by atoms with Gasteiger partial charge in [-0.2, -0.15) is 0 Å². The zero-order valence-corrected chi connectivity index (χ0v) is 22.7. The first kappa shape index (κ1) is 28.6. The molecule has 0 atom stereocenters. The standard InChI is InChI=1S/C27H32FN3O6S/c1-27(2,3)37-26(32)30-14-13-29-19-7-6-8-20(16-19)31-38(33,34)25-15-18(9-12-24(25)36-5)22-17-21(35-4)10-11-23(22)28/h6-12,15-17,29,31H,13-14H2,1-5H3,(H,30,32). The van der Waals surface area contributed by atoms with Gasteiger partial charge in [0, 0.05) is 24.3 Å². The van der Waals surface area contributed by atoms with Gasteiger partial charge in [-0.15, -0.1) is 0 Å². The maximum absolute atomic E-state index is 14.5. The lowest BCUT2D eigenvalue weighted by Gasteiger charge is -2.19. The number of nitrogens with one attached hydrogen (secondary N) is 3. The average Bonchev–Trinajstić information content (AvgIpc) is 2.85. The summed E-state index contributed by atoms with van der Waals surface area (Å²) in [6, 6.07) is 15.3. The molecule has 0 aliphatic heterocycles. The number of anilines is 2. The Morgan fingerprint density at radius 2 is 1.66 bits per heavy atom. The van der Waals surface area contributed by atoms with Crippen LogP contribution in [0.15, 0.2) is 65.6 Å². The van der Waals surface area contributed by atoms with E-state index < -0.39 is 27.5 Å². The zero-order chi connectivity index (χ0) is 27.9. The normalized spacial score (nSPS) is 11.4. The molecule has 0 saturated carbocycles. The van der Waals surface area contributed by atoms with Gasteiger partial charge in [0.2, 0.25) is 0 Å². The Kier molecular flexibility index (Phi) is 9.05. The van der Waals surface area contributed by atoms with Gasteiger partial charge in [0.25, 0.3) is 10.0 Å². The molecule has 204 valence electrons. The molecule has 0 radical (unpaired) electrons. The van der Waals surface area contributed by atoms with Crippen LogP contribution in [-0.4, -0.2) is 47.4 Å². The summed E-state index contributed by atoms with van der Waals surface area (Å²) in [5.41, 5.74) is 0.878. The van der Waals surface area contributed by atoms with Gasteiger partial charge < -0.3 is 24.8 Å². The van der Waals surface area contributed by atoms with Gasteiger partial charge in [0.05, 0.1) is 19.9 Å². The summed E-state index contributed by atoms with van der Waals surface area (Å²) in [5.74, 6) is 0.0182. The Labute approximate surface area is 222 Å². The third-order valence-corrected chi connectivity index (χ3v) is 6.58. The van der Waals surface area contributed by atoms with Crippen LogP contribution >= 0.6 is 0 Å². The van der Waals surface area contributed by atoms with Gasteiger partial charge in [-0.25, -0.2) is 17.6 Å². The largest absolute Gasteiger partial charge is 0.497 e. The number of alkyl carbamates (subject to hydrolysis) is 1. The van der Waals surface area contributed by atoms with Crippen LogP contribution in [0.4, 0.5) is 20.6 Å². The molecule has 9 nitrogen and oxygen atoms in total. The highest BCUT2D eigenvalue weighted by molar-refractivity contribution is 7.92. The van der Waals surface area contributed by atoms with Gasteiger partial charge in [-0.3, -0.25) is 4.72 Å². The van der Waals surface area contributed by atoms with E-state index in [2.05, 4.69) is 15.4 Å². The molecule has 3 rings (SSSR count). The number of sulfonamides is 1. The van der Waals surface area contributed by atoms with E-state index in [0.29, 0.717) is 35.8 Å². The van der Waals surface area contributed by atoms with E-state index in [4.69, 9.17) is 14.2 Å². The summed E-state index contributed by atoms with van der Waals surface area (Å²) < 4.78 is 59.4. The summed E-state index contributed by atoms with van der Waals surface area (Å²) in [6.07, 6.45) is -0.522. The topological polar surface area (TPSA) is 115 Å². The first-order valence-electron chi connectivity index (χ1n) is 11.8.